The molecule has 0 aromatic carbocycles. The van der Waals surface area contributed by atoms with E-state index >= 15 is 0 Å². The smallest absolute Gasteiger partial charge is 0.0689 e. The molecule has 0 saturated heterocycles. The van der Waals surface area contributed by atoms with Crippen LogP contribution in [0.4, 0.5) is 0 Å². The Hall–Kier alpha value is -0.510. The lowest BCUT2D eigenvalue weighted by Crippen LogP contribution is -2.49. The highest BCUT2D eigenvalue weighted by molar-refractivity contribution is 5.07. The van der Waals surface area contributed by atoms with E-state index in [0.717, 1.165) is 47.8 Å². The maximum atomic E-state index is 9.92. The van der Waals surface area contributed by atoms with Gasteiger partial charge in [-0.15, -0.1) is 0 Å². The summed E-state index contributed by atoms with van der Waals surface area (Å²) in [7, 11) is 0. The van der Waals surface area contributed by atoms with E-state index in [0.29, 0.717) is 0 Å². The molecule has 4 aliphatic rings. The third-order valence-electron chi connectivity index (χ3n) is 9.98. The van der Waals surface area contributed by atoms with Crippen molar-refractivity contribution >= 4 is 0 Å². The first-order chi connectivity index (χ1) is 13.7. The highest BCUT2D eigenvalue weighted by atomic mass is 14.6. The van der Waals surface area contributed by atoms with Crippen LogP contribution in [0.3, 0.4) is 0 Å². The van der Waals surface area contributed by atoms with E-state index < -0.39 is 0 Å². The van der Waals surface area contributed by atoms with Gasteiger partial charge in [-0.25, -0.2) is 0 Å². The van der Waals surface area contributed by atoms with Crippen molar-refractivity contribution in [2.45, 2.75) is 117 Å². The van der Waals surface area contributed by atoms with Gasteiger partial charge in [-0.2, -0.15) is 5.26 Å². The number of nitriles is 1. The molecule has 8 atom stereocenters. The number of hydrogen-bond acceptors (Lipinski definition) is 1. The average molecular weight is 384 g/mol. The Bertz CT molecular complexity index is 547. The molecule has 8 unspecified atom stereocenters. The molecule has 0 spiro atoms. The van der Waals surface area contributed by atoms with E-state index in [1.807, 2.05) is 0 Å². The molecule has 0 aromatic heterocycles. The molecule has 4 saturated carbocycles. The SMILES string of the molecule is CCCCCC1CCCC2C1CCC1C3CCC(C#N)(CCC)CC3CCC21. The Labute approximate surface area is 175 Å². The molecule has 1 nitrogen and oxygen atoms in total. The lowest BCUT2D eigenvalue weighted by atomic mass is 9.48. The highest BCUT2D eigenvalue weighted by Crippen LogP contribution is 2.60. The molecule has 158 valence electrons. The minimum atomic E-state index is 0.0369. The maximum Gasteiger partial charge on any atom is 0.0689 e. The van der Waals surface area contributed by atoms with E-state index in [9.17, 15) is 5.26 Å². The number of unbranched alkanes of at least 4 members (excludes halogenated alkanes) is 2. The fraction of sp³-hybridized carbons (Fsp3) is 0.963. The van der Waals surface area contributed by atoms with Crippen LogP contribution in [0.1, 0.15) is 117 Å². The highest BCUT2D eigenvalue weighted by Gasteiger charge is 2.52. The second kappa shape index (κ2) is 9.10. The molecule has 1 heteroatoms. The molecule has 0 heterocycles. The van der Waals surface area contributed by atoms with Crippen molar-refractivity contribution in [3.05, 3.63) is 0 Å². The standard InChI is InChI=1S/C27H45N/c1-3-5-6-8-20-9-7-10-24-22(20)13-14-25-23-15-17-27(19-28,16-4-2)18-21(23)11-12-26(24)25/h20-26H,3-18H2,1-2H3. The van der Waals surface area contributed by atoms with Gasteiger partial charge < -0.3 is 0 Å². The summed E-state index contributed by atoms with van der Waals surface area (Å²) >= 11 is 0. The van der Waals surface area contributed by atoms with E-state index in [2.05, 4.69) is 19.9 Å². The molecule has 0 aliphatic heterocycles. The Morgan fingerprint density at radius 1 is 0.786 bits per heavy atom. The Balaban J connectivity index is 1.42. The number of nitrogens with zero attached hydrogens (tertiary/aromatic N) is 1. The predicted octanol–water partition coefficient (Wildman–Crippen LogP) is 8.15. The summed E-state index contributed by atoms with van der Waals surface area (Å²) in [6, 6.07) is 2.80. The molecule has 0 amide bonds. The Morgan fingerprint density at radius 2 is 1.54 bits per heavy atom. The van der Waals surface area contributed by atoms with Crippen molar-refractivity contribution in [3.63, 3.8) is 0 Å². The third-order valence-corrected chi connectivity index (χ3v) is 9.98. The lowest BCUT2D eigenvalue weighted by molar-refractivity contribution is -0.0717. The molecular weight excluding hydrogens is 338 g/mol. The lowest BCUT2D eigenvalue weighted by Gasteiger charge is -2.57. The van der Waals surface area contributed by atoms with Crippen LogP contribution < -0.4 is 0 Å². The van der Waals surface area contributed by atoms with Gasteiger partial charge in [0.2, 0.25) is 0 Å². The normalized spacial score (nSPS) is 45.4. The van der Waals surface area contributed by atoms with Crippen LogP contribution in [-0.2, 0) is 0 Å². The fourth-order valence-electron chi connectivity index (χ4n) is 8.85. The van der Waals surface area contributed by atoms with Gasteiger partial charge in [0.25, 0.3) is 0 Å². The largest absolute Gasteiger partial charge is 0.198 e. The van der Waals surface area contributed by atoms with Gasteiger partial charge in [0, 0.05) is 0 Å². The van der Waals surface area contributed by atoms with Gasteiger partial charge in [0.15, 0.2) is 0 Å². The quantitative estimate of drug-likeness (QED) is 0.424. The zero-order valence-electron chi connectivity index (χ0n) is 18.8. The van der Waals surface area contributed by atoms with Crippen molar-refractivity contribution < 1.29 is 0 Å². The zero-order valence-corrected chi connectivity index (χ0v) is 18.8. The van der Waals surface area contributed by atoms with E-state index in [1.165, 1.54) is 83.5 Å². The van der Waals surface area contributed by atoms with Gasteiger partial charge in [0.05, 0.1) is 11.5 Å². The summed E-state index contributed by atoms with van der Waals surface area (Å²) in [5, 5.41) is 9.92. The molecule has 0 N–H and O–H groups in total. The molecule has 0 radical (unpaired) electrons. The average Bonchev–Trinajstić information content (AvgIpc) is 2.73. The summed E-state index contributed by atoms with van der Waals surface area (Å²) in [6.45, 7) is 4.61. The van der Waals surface area contributed by atoms with Crippen LogP contribution >= 0.6 is 0 Å². The minimum Gasteiger partial charge on any atom is -0.198 e. The molecule has 4 rings (SSSR count). The van der Waals surface area contributed by atoms with Crippen LogP contribution in [-0.4, -0.2) is 0 Å². The van der Waals surface area contributed by atoms with Crippen molar-refractivity contribution in [1.29, 1.82) is 5.26 Å². The minimum absolute atomic E-state index is 0.0369. The van der Waals surface area contributed by atoms with E-state index in [4.69, 9.17) is 0 Å². The van der Waals surface area contributed by atoms with Gasteiger partial charge in [-0.05, 0) is 99.2 Å². The number of fused-ring (bicyclic) bond motifs is 5. The van der Waals surface area contributed by atoms with Crippen LogP contribution in [0.2, 0.25) is 0 Å². The van der Waals surface area contributed by atoms with Crippen LogP contribution in [0.5, 0.6) is 0 Å². The van der Waals surface area contributed by atoms with Gasteiger partial charge in [-0.3, -0.25) is 0 Å². The molecule has 4 fully saturated rings. The van der Waals surface area contributed by atoms with Gasteiger partial charge in [-0.1, -0.05) is 58.8 Å². The van der Waals surface area contributed by atoms with Crippen molar-refractivity contribution in [1.82, 2.24) is 0 Å². The molecule has 0 aromatic rings. The maximum absolute atomic E-state index is 9.92. The fourth-order valence-corrected chi connectivity index (χ4v) is 8.85. The van der Waals surface area contributed by atoms with Crippen molar-refractivity contribution in [2.24, 2.45) is 46.8 Å². The Kier molecular flexibility index (Phi) is 6.74. The number of rotatable bonds is 6. The van der Waals surface area contributed by atoms with E-state index in [-0.39, 0.29) is 5.41 Å². The monoisotopic (exact) mass is 383 g/mol. The molecule has 4 aliphatic carbocycles. The summed E-state index contributed by atoms with van der Waals surface area (Å²) < 4.78 is 0. The zero-order chi connectivity index (χ0) is 19.6. The van der Waals surface area contributed by atoms with E-state index in [1.54, 1.807) is 12.8 Å². The van der Waals surface area contributed by atoms with Gasteiger partial charge in [0.1, 0.15) is 0 Å². The number of hydrogen-bond donors (Lipinski definition) is 0. The first-order valence-corrected chi connectivity index (χ1v) is 13.1. The second-order valence-corrected chi connectivity index (χ2v) is 11.3. The first-order valence-electron chi connectivity index (χ1n) is 13.1. The van der Waals surface area contributed by atoms with Crippen LogP contribution in [0.25, 0.3) is 0 Å². The van der Waals surface area contributed by atoms with Crippen LogP contribution in [0, 0.1) is 58.2 Å². The predicted molar refractivity (Wildman–Crippen MR) is 118 cm³/mol. The second-order valence-electron chi connectivity index (χ2n) is 11.3. The topological polar surface area (TPSA) is 23.8 Å². The third kappa shape index (κ3) is 3.91. The molecule has 28 heavy (non-hydrogen) atoms. The summed E-state index contributed by atoms with van der Waals surface area (Å²) in [5.41, 5.74) is 0.0369. The van der Waals surface area contributed by atoms with Gasteiger partial charge >= 0.3 is 0 Å². The summed E-state index contributed by atoms with van der Waals surface area (Å²) in [4.78, 5) is 0. The summed E-state index contributed by atoms with van der Waals surface area (Å²) in [5.74, 6) is 7.12. The molecule has 0 bridgehead atoms. The summed E-state index contributed by atoms with van der Waals surface area (Å²) in [6.07, 6.45) is 22.6. The Morgan fingerprint density at radius 3 is 2.32 bits per heavy atom. The first kappa shape index (κ1) is 20.8. The van der Waals surface area contributed by atoms with Crippen molar-refractivity contribution in [3.8, 4) is 6.07 Å². The van der Waals surface area contributed by atoms with Crippen molar-refractivity contribution in [2.75, 3.05) is 0 Å². The van der Waals surface area contributed by atoms with Crippen LogP contribution in [0.15, 0.2) is 0 Å². The molecular formula is C27H45N.